The number of anilines is 1. The normalized spacial score (nSPS) is 20.2. The molecule has 27 heavy (non-hydrogen) atoms. The molecule has 0 bridgehead atoms. The Bertz CT molecular complexity index is 900. The number of hydrogen-bond acceptors (Lipinski definition) is 6. The molecular formula is C21H26N6. The number of nitrogens with zero attached hydrogens (tertiary/aromatic N) is 6. The van der Waals surface area contributed by atoms with E-state index in [4.69, 9.17) is 5.26 Å². The van der Waals surface area contributed by atoms with Gasteiger partial charge in [0.25, 0.3) is 0 Å². The monoisotopic (exact) mass is 362 g/mol. The van der Waals surface area contributed by atoms with Crippen LogP contribution in [0.25, 0.3) is 11.4 Å². The minimum absolute atomic E-state index is 0.525. The zero-order chi connectivity index (χ0) is 19.0. The summed E-state index contributed by atoms with van der Waals surface area (Å²) in [4.78, 5) is 9.40. The van der Waals surface area contributed by atoms with Crippen LogP contribution >= 0.6 is 0 Å². The smallest absolute Gasteiger partial charge is 0.155 e. The van der Waals surface area contributed by atoms with E-state index in [0.29, 0.717) is 11.6 Å². The predicted octanol–water partition coefficient (Wildman–Crippen LogP) is 2.87. The highest BCUT2D eigenvalue weighted by Gasteiger charge is 2.30. The van der Waals surface area contributed by atoms with E-state index < -0.39 is 0 Å². The van der Waals surface area contributed by atoms with E-state index in [1.165, 1.54) is 30.5 Å². The molecule has 0 amide bonds. The van der Waals surface area contributed by atoms with Gasteiger partial charge in [-0.2, -0.15) is 5.26 Å². The number of piperidine rings is 1. The molecule has 4 rings (SSSR count). The molecule has 0 N–H and O–H groups in total. The molecule has 140 valence electrons. The molecule has 0 unspecified atom stereocenters. The van der Waals surface area contributed by atoms with Gasteiger partial charge in [-0.3, -0.25) is 4.98 Å². The van der Waals surface area contributed by atoms with Crippen molar-refractivity contribution >= 4 is 5.82 Å². The average Bonchev–Trinajstić information content (AvgIpc) is 2.68. The summed E-state index contributed by atoms with van der Waals surface area (Å²) in [7, 11) is 2.20. The van der Waals surface area contributed by atoms with E-state index in [1.807, 2.05) is 13.0 Å². The van der Waals surface area contributed by atoms with Gasteiger partial charge in [0.1, 0.15) is 11.8 Å². The van der Waals surface area contributed by atoms with Gasteiger partial charge in [-0.15, -0.1) is 10.2 Å². The maximum Gasteiger partial charge on any atom is 0.155 e. The van der Waals surface area contributed by atoms with Gasteiger partial charge in [0.2, 0.25) is 0 Å². The van der Waals surface area contributed by atoms with Crippen LogP contribution < -0.4 is 4.90 Å². The number of fused-ring (bicyclic) bond motifs is 1. The first-order valence-electron chi connectivity index (χ1n) is 9.77. The lowest BCUT2D eigenvalue weighted by Crippen LogP contribution is -2.49. The Morgan fingerprint density at radius 2 is 2.00 bits per heavy atom. The highest BCUT2D eigenvalue weighted by molar-refractivity contribution is 5.68. The summed E-state index contributed by atoms with van der Waals surface area (Å²) >= 11 is 0. The zero-order valence-electron chi connectivity index (χ0n) is 16.4. The molecule has 0 radical (unpaired) electrons. The molecule has 6 nitrogen and oxygen atoms in total. The van der Waals surface area contributed by atoms with Gasteiger partial charge in [0.05, 0.1) is 11.3 Å². The number of rotatable bonds is 2. The van der Waals surface area contributed by atoms with Crippen molar-refractivity contribution in [2.45, 2.75) is 45.6 Å². The van der Waals surface area contributed by atoms with E-state index in [2.05, 4.69) is 45.0 Å². The van der Waals surface area contributed by atoms with Crippen LogP contribution in [0.1, 0.15) is 41.5 Å². The number of aromatic nitrogens is 3. The Balaban J connectivity index is 1.72. The molecule has 2 aliphatic heterocycles. The van der Waals surface area contributed by atoms with Crippen LogP contribution in [-0.2, 0) is 6.42 Å². The van der Waals surface area contributed by atoms with Gasteiger partial charge in [0.15, 0.2) is 5.82 Å². The third-order valence-corrected chi connectivity index (χ3v) is 5.89. The molecule has 4 heterocycles. The van der Waals surface area contributed by atoms with Gasteiger partial charge in [-0.1, -0.05) is 0 Å². The summed E-state index contributed by atoms with van der Waals surface area (Å²) in [6, 6.07) is 4.54. The van der Waals surface area contributed by atoms with Crippen molar-refractivity contribution in [2.24, 2.45) is 0 Å². The van der Waals surface area contributed by atoms with E-state index in [0.717, 1.165) is 48.7 Å². The molecule has 2 aromatic heterocycles. The van der Waals surface area contributed by atoms with Crippen LogP contribution in [0, 0.1) is 25.2 Å². The molecule has 0 aromatic carbocycles. The zero-order valence-corrected chi connectivity index (χ0v) is 16.4. The Hall–Kier alpha value is -2.52. The second-order valence-corrected chi connectivity index (χ2v) is 7.83. The minimum Gasteiger partial charge on any atom is -0.351 e. The van der Waals surface area contributed by atoms with Crippen LogP contribution in [0.4, 0.5) is 5.82 Å². The number of hydrogen-bond donors (Lipinski definition) is 0. The molecule has 1 fully saturated rings. The van der Waals surface area contributed by atoms with Crippen LogP contribution in [0.15, 0.2) is 12.3 Å². The highest BCUT2D eigenvalue weighted by Crippen LogP contribution is 2.34. The fraction of sp³-hybridized carbons (Fsp3) is 0.524. The van der Waals surface area contributed by atoms with Gasteiger partial charge in [0, 0.05) is 30.9 Å². The number of pyridine rings is 1. The van der Waals surface area contributed by atoms with Gasteiger partial charge in [-0.05, 0) is 70.3 Å². The van der Waals surface area contributed by atoms with Crippen LogP contribution in [0.2, 0.25) is 0 Å². The quantitative estimate of drug-likeness (QED) is 0.818. The summed E-state index contributed by atoms with van der Waals surface area (Å²) < 4.78 is 0. The maximum atomic E-state index is 9.08. The first kappa shape index (κ1) is 17.9. The first-order valence-corrected chi connectivity index (χ1v) is 9.77. The second kappa shape index (κ2) is 7.24. The van der Waals surface area contributed by atoms with Crippen molar-refractivity contribution in [3.63, 3.8) is 0 Å². The fourth-order valence-corrected chi connectivity index (χ4v) is 4.46. The Morgan fingerprint density at radius 3 is 2.74 bits per heavy atom. The minimum atomic E-state index is 0.525. The summed E-state index contributed by atoms with van der Waals surface area (Å²) in [6.07, 6.45) is 6.28. The topological polar surface area (TPSA) is 68.9 Å². The molecule has 0 aliphatic carbocycles. The molecular weight excluding hydrogens is 336 g/mol. The lowest BCUT2D eigenvalue weighted by Gasteiger charge is -2.41. The maximum absolute atomic E-state index is 9.08. The van der Waals surface area contributed by atoms with Crippen molar-refractivity contribution in [3.05, 3.63) is 34.5 Å². The molecule has 1 atom stereocenters. The van der Waals surface area contributed by atoms with E-state index >= 15 is 0 Å². The second-order valence-electron chi connectivity index (χ2n) is 7.83. The third kappa shape index (κ3) is 3.28. The Labute approximate surface area is 160 Å². The molecule has 0 spiro atoms. The fourth-order valence-electron chi connectivity index (χ4n) is 4.46. The summed E-state index contributed by atoms with van der Waals surface area (Å²) in [5.74, 6) is 1.06. The molecule has 2 aliphatic rings. The van der Waals surface area contributed by atoms with Crippen molar-refractivity contribution in [1.29, 1.82) is 5.26 Å². The lowest BCUT2D eigenvalue weighted by molar-refractivity contribution is 0.242. The van der Waals surface area contributed by atoms with Crippen molar-refractivity contribution in [3.8, 4) is 17.5 Å². The standard InChI is InChI=1S/C21H26N6/c1-14-10-16(11-22)12-23-19(14)20-15(2)18-7-5-9-27(21(18)25-24-20)17-6-4-8-26(3)13-17/h10,12,17H,4-9,13H2,1-3H3/t17-/m0/s1. The predicted molar refractivity (Wildman–Crippen MR) is 106 cm³/mol. The number of likely N-dealkylation sites (N-methyl/N-ethyl adjacent to an activating group) is 1. The van der Waals surface area contributed by atoms with E-state index in [1.54, 1.807) is 6.20 Å². The summed E-state index contributed by atoms with van der Waals surface area (Å²) in [5.41, 5.74) is 5.70. The van der Waals surface area contributed by atoms with Gasteiger partial charge < -0.3 is 9.80 Å². The van der Waals surface area contributed by atoms with Crippen LogP contribution in [0.5, 0.6) is 0 Å². The molecule has 0 saturated carbocycles. The van der Waals surface area contributed by atoms with Crippen LogP contribution in [0.3, 0.4) is 0 Å². The van der Waals surface area contributed by atoms with E-state index in [9.17, 15) is 0 Å². The highest BCUT2D eigenvalue weighted by atomic mass is 15.3. The van der Waals surface area contributed by atoms with Gasteiger partial charge >= 0.3 is 0 Å². The van der Waals surface area contributed by atoms with Gasteiger partial charge in [-0.25, -0.2) is 0 Å². The first-order chi connectivity index (χ1) is 13.1. The molecule has 2 aromatic rings. The lowest BCUT2D eigenvalue weighted by atomic mass is 9.95. The van der Waals surface area contributed by atoms with Crippen molar-refractivity contribution in [1.82, 2.24) is 20.1 Å². The molecule has 6 heteroatoms. The Morgan fingerprint density at radius 1 is 1.15 bits per heavy atom. The summed E-state index contributed by atoms with van der Waals surface area (Å²) in [5, 5.41) is 18.3. The largest absolute Gasteiger partial charge is 0.351 e. The van der Waals surface area contributed by atoms with Crippen molar-refractivity contribution < 1.29 is 0 Å². The van der Waals surface area contributed by atoms with Crippen molar-refractivity contribution in [2.75, 3.05) is 31.6 Å². The summed E-state index contributed by atoms with van der Waals surface area (Å²) in [6.45, 7) is 7.46. The average molecular weight is 362 g/mol. The Kier molecular flexibility index (Phi) is 4.79. The number of aryl methyl sites for hydroxylation is 1. The molecule has 1 saturated heterocycles. The van der Waals surface area contributed by atoms with Crippen LogP contribution in [-0.4, -0.2) is 52.8 Å². The van der Waals surface area contributed by atoms with E-state index in [-0.39, 0.29) is 0 Å². The number of nitriles is 1. The number of likely N-dealkylation sites (tertiary alicyclic amines) is 1. The SMILES string of the molecule is Cc1cc(C#N)cnc1-c1nnc2c(c1C)CCCN2[C@H]1CCCN(C)C1. The third-order valence-electron chi connectivity index (χ3n) is 5.89.